The molecule has 0 fully saturated rings. The predicted octanol–water partition coefficient (Wildman–Crippen LogP) is 2.88. The van der Waals surface area contributed by atoms with Crippen molar-refractivity contribution in [2.75, 3.05) is 0 Å². The van der Waals surface area contributed by atoms with Gasteiger partial charge in [0.1, 0.15) is 12.2 Å². The summed E-state index contributed by atoms with van der Waals surface area (Å²) in [5, 5.41) is 7.22. The van der Waals surface area contributed by atoms with Gasteiger partial charge in [0.2, 0.25) is 5.91 Å². The molecule has 2 aromatic rings. The zero-order valence-corrected chi connectivity index (χ0v) is 14.6. The molecule has 5 nitrogen and oxygen atoms in total. The fourth-order valence-electron chi connectivity index (χ4n) is 2.67. The average molecular weight is 314 g/mol. The van der Waals surface area contributed by atoms with Crippen LogP contribution in [0.5, 0.6) is 0 Å². The highest BCUT2D eigenvalue weighted by molar-refractivity contribution is 5.79. The van der Waals surface area contributed by atoms with E-state index >= 15 is 0 Å². The number of nitrogens with one attached hydrogen (secondary N) is 1. The number of aryl methyl sites for hydroxylation is 3. The van der Waals surface area contributed by atoms with Gasteiger partial charge in [-0.15, -0.1) is 0 Å². The Morgan fingerprint density at radius 2 is 2.00 bits per heavy atom. The quantitative estimate of drug-likeness (QED) is 0.892. The monoisotopic (exact) mass is 314 g/mol. The largest absolute Gasteiger partial charge is 0.346 e. The van der Waals surface area contributed by atoms with Gasteiger partial charge in [0, 0.05) is 7.05 Å². The van der Waals surface area contributed by atoms with Crippen LogP contribution in [0, 0.1) is 19.8 Å². The van der Waals surface area contributed by atoms with E-state index in [0.717, 1.165) is 17.8 Å². The molecule has 0 bridgehead atoms. The Bertz CT molecular complexity index is 675. The summed E-state index contributed by atoms with van der Waals surface area (Å²) in [4.78, 5) is 16.7. The van der Waals surface area contributed by atoms with Crippen LogP contribution in [0.1, 0.15) is 48.8 Å². The summed E-state index contributed by atoms with van der Waals surface area (Å²) in [7, 11) is 1.85. The van der Waals surface area contributed by atoms with Gasteiger partial charge in [0.25, 0.3) is 0 Å². The van der Waals surface area contributed by atoms with Crippen molar-refractivity contribution in [3.63, 3.8) is 0 Å². The van der Waals surface area contributed by atoms with Gasteiger partial charge in [-0.3, -0.25) is 9.48 Å². The number of hydrogen-bond donors (Lipinski definition) is 1. The Kier molecular flexibility index (Phi) is 5.53. The number of carbonyl (C=O) groups excluding carboxylic acids is 1. The highest BCUT2D eigenvalue weighted by Crippen LogP contribution is 2.19. The minimum atomic E-state index is -0.110. The molecule has 1 heterocycles. The Morgan fingerprint density at radius 3 is 2.57 bits per heavy atom. The molecule has 1 amide bonds. The third-order valence-electron chi connectivity index (χ3n) is 4.04. The van der Waals surface area contributed by atoms with E-state index in [1.54, 1.807) is 4.68 Å². The second kappa shape index (κ2) is 7.40. The minimum absolute atomic E-state index is 0.0157. The topological polar surface area (TPSA) is 59.8 Å². The first-order chi connectivity index (χ1) is 10.9. The lowest BCUT2D eigenvalue weighted by Gasteiger charge is -2.20. The molecule has 1 aromatic carbocycles. The molecule has 0 radical (unpaired) electrons. The Morgan fingerprint density at radius 1 is 1.26 bits per heavy atom. The van der Waals surface area contributed by atoms with Crippen molar-refractivity contribution in [2.24, 2.45) is 13.0 Å². The maximum absolute atomic E-state index is 12.4. The summed E-state index contributed by atoms with van der Waals surface area (Å²) in [5.74, 6) is 1.27. The summed E-state index contributed by atoms with van der Waals surface area (Å²) in [5.41, 5.74) is 3.49. The molecule has 1 N–H and O–H groups in total. The average Bonchev–Trinajstić information content (AvgIpc) is 2.88. The standard InChI is InChI=1S/C18H26N4O/c1-12(2)8-16(18-19-11-20-22(18)5)21-17(23)10-15-7-6-13(3)14(4)9-15/h6-7,9,11-12,16H,8,10H2,1-5H3,(H,21,23)/t16-/m0/s1. The molecular formula is C18H26N4O. The molecule has 23 heavy (non-hydrogen) atoms. The Balaban J connectivity index is 2.08. The minimum Gasteiger partial charge on any atom is -0.346 e. The predicted molar refractivity (Wildman–Crippen MR) is 91.0 cm³/mol. The molecule has 1 aromatic heterocycles. The summed E-state index contributed by atoms with van der Waals surface area (Å²) in [6.45, 7) is 8.42. The van der Waals surface area contributed by atoms with Gasteiger partial charge in [-0.25, -0.2) is 4.98 Å². The van der Waals surface area contributed by atoms with Gasteiger partial charge >= 0.3 is 0 Å². The first-order valence-electron chi connectivity index (χ1n) is 8.06. The van der Waals surface area contributed by atoms with Gasteiger partial charge in [0.15, 0.2) is 0 Å². The molecular weight excluding hydrogens is 288 g/mol. The molecule has 0 saturated heterocycles. The Hall–Kier alpha value is -2.17. The van der Waals surface area contributed by atoms with Crippen molar-refractivity contribution in [3.8, 4) is 0 Å². The fraction of sp³-hybridized carbons (Fsp3) is 0.500. The first-order valence-corrected chi connectivity index (χ1v) is 8.06. The second-order valence-corrected chi connectivity index (χ2v) is 6.59. The van der Waals surface area contributed by atoms with Crippen LogP contribution in [0.25, 0.3) is 0 Å². The van der Waals surface area contributed by atoms with Crippen LogP contribution in [0.2, 0.25) is 0 Å². The lowest BCUT2D eigenvalue weighted by molar-refractivity contribution is -0.121. The van der Waals surface area contributed by atoms with Crippen molar-refractivity contribution < 1.29 is 4.79 Å². The number of rotatable bonds is 6. The van der Waals surface area contributed by atoms with E-state index in [1.165, 1.54) is 17.5 Å². The summed E-state index contributed by atoms with van der Waals surface area (Å²) in [6.07, 6.45) is 2.75. The van der Waals surface area contributed by atoms with Crippen LogP contribution in [0.3, 0.4) is 0 Å². The molecule has 0 unspecified atom stereocenters. The number of amides is 1. The van der Waals surface area contributed by atoms with E-state index in [-0.39, 0.29) is 11.9 Å². The number of carbonyl (C=O) groups is 1. The van der Waals surface area contributed by atoms with E-state index in [0.29, 0.717) is 12.3 Å². The lowest BCUT2D eigenvalue weighted by atomic mass is 10.0. The van der Waals surface area contributed by atoms with E-state index in [4.69, 9.17) is 0 Å². The maximum atomic E-state index is 12.4. The maximum Gasteiger partial charge on any atom is 0.225 e. The molecule has 124 valence electrons. The van der Waals surface area contributed by atoms with E-state index in [1.807, 2.05) is 13.1 Å². The molecule has 0 aliphatic carbocycles. The van der Waals surface area contributed by atoms with Crippen LogP contribution in [0.4, 0.5) is 0 Å². The zero-order chi connectivity index (χ0) is 17.0. The van der Waals surface area contributed by atoms with Gasteiger partial charge < -0.3 is 5.32 Å². The molecule has 5 heteroatoms. The second-order valence-electron chi connectivity index (χ2n) is 6.59. The summed E-state index contributed by atoms with van der Waals surface area (Å²) < 4.78 is 1.73. The van der Waals surface area contributed by atoms with Crippen molar-refractivity contribution in [3.05, 3.63) is 47.0 Å². The van der Waals surface area contributed by atoms with E-state index in [2.05, 4.69) is 55.2 Å². The lowest BCUT2D eigenvalue weighted by Crippen LogP contribution is -2.32. The SMILES string of the molecule is Cc1ccc(CC(=O)N[C@@H](CC(C)C)c2ncnn2C)cc1C. The number of hydrogen-bond acceptors (Lipinski definition) is 3. The zero-order valence-electron chi connectivity index (χ0n) is 14.6. The number of aromatic nitrogens is 3. The molecule has 1 atom stereocenters. The van der Waals surface area contributed by atoms with Crippen LogP contribution in [0.15, 0.2) is 24.5 Å². The molecule has 0 spiro atoms. The number of nitrogens with zero attached hydrogens (tertiary/aromatic N) is 3. The molecule has 0 aliphatic heterocycles. The fourth-order valence-corrected chi connectivity index (χ4v) is 2.67. The van der Waals surface area contributed by atoms with Crippen LogP contribution < -0.4 is 5.32 Å². The van der Waals surface area contributed by atoms with Crippen molar-refractivity contribution in [1.29, 1.82) is 0 Å². The van der Waals surface area contributed by atoms with E-state index in [9.17, 15) is 4.79 Å². The number of benzene rings is 1. The van der Waals surface area contributed by atoms with Crippen molar-refractivity contribution >= 4 is 5.91 Å². The highest BCUT2D eigenvalue weighted by atomic mass is 16.1. The summed E-state index contributed by atoms with van der Waals surface area (Å²) >= 11 is 0. The van der Waals surface area contributed by atoms with Gasteiger partial charge in [-0.05, 0) is 42.9 Å². The highest BCUT2D eigenvalue weighted by Gasteiger charge is 2.20. The first kappa shape index (κ1) is 17.2. The van der Waals surface area contributed by atoms with Crippen molar-refractivity contribution in [2.45, 2.75) is 46.6 Å². The smallest absolute Gasteiger partial charge is 0.225 e. The van der Waals surface area contributed by atoms with Crippen LogP contribution in [-0.2, 0) is 18.3 Å². The van der Waals surface area contributed by atoms with Crippen LogP contribution >= 0.6 is 0 Å². The van der Waals surface area contributed by atoms with Crippen molar-refractivity contribution in [1.82, 2.24) is 20.1 Å². The summed E-state index contributed by atoms with van der Waals surface area (Å²) in [6, 6.07) is 6.05. The molecule has 0 saturated carbocycles. The van der Waals surface area contributed by atoms with Crippen LogP contribution in [-0.4, -0.2) is 20.7 Å². The normalized spacial score (nSPS) is 12.4. The molecule has 2 rings (SSSR count). The van der Waals surface area contributed by atoms with Gasteiger partial charge in [-0.2, -0.15) is 5.10 Å². The van der Waals surface area contributed by atoms with E-state index < -0.39 is 0 Å². The molecule has 0 aliphatic rings. The van der Waals surface area contributed by atoms with Gasteiger partial charge in [-0.1, -0.05) is 32.0 Å². The third-order valence-corrected chi connectivity index (χ3v) is 4.04. The van der Waals surface area contributed by atoms with Gasteiger partial charge in [0.05, 0.1) is 12.5 Å². The Labute approximate surface area is 138 Å². The third kappa shape index (κ3) is 4.65.